The largest absolute Gasteiger partial charge is 0.450 e. The minimum absolute atomic E-state index is 0.190. The summed E-state index contributed by atoms with van der Waals surface area (Å²) in [5, 5.41) is 3.68. The van der Waals surface area contributed by atoms with E-state index in [9.17, 15) is 4.79 Å². The van der Waals surface area contributed by atoms with Crippen LogP contribution in [0.1, 0.15) is 43.5 Å². The highest BCUT2D eigenvalue weighted by Crippen LogP contribution is 2.37. The third kappa shape index (κ3) is 3.38. The van der Waals surface area contributed by atoms with Crippen molar-refractivity contribution in [1.29, 1.82) is 0 Å². The standard InChI is InChI=1S/C23H27N5O2/c1-2-30-23(29)27-14-11-17(12-15-27)25-22-26-18-7-3-4-8-19(18)28(22)20-10-9-16-6-5-13-24-21(16)20/h3-8,13,17,20H,2,9-12,14-15H2,1H3,(H,25,26). The zero-order chi connectivity index (χ0) is 20.5. The number of nitrogens with zero attached hydrogens (tertiary/aromatic N) is 4. The molecule has 7 heteroatoms. The number of benzene rings is 1. The number of nitrogens with one attached hydrogen (secondary N) is 1. The maximum atomic E-state index is 12.0. The molecule has 1 fully saturated rings. The van der Waals surface area contributed by atoms with Crippen LogP contribution in [0.4, 0.5) is 10.7 Å². The van der Waals surface area contributed by atoms with Crippen LogP contribution in [0, 0.1) is 0 Å². The van der Waals surface area contributed by atoms with Gasteiger partial charge < -0.3 is 19.5 Å². The van der Waals surface area contributed by atoms with E-state index in [1.54, 1.807) is 4.90 Å². The number of para-hydroxylation sites is 2. The lowest BCUT2D eigenvalue weighted by molar-refractivity contribution is 0.0983. The molecule has 1 aliphatic heterocycles. The van der Waals surface area contributed by atoms with Crippen molar-refractivity contribution in [2.75, 3.05) is 25.0 Å². The molecule has 0 saturated carbocycles. The molecule has 156 valence electrons. The molecular weight excluding hydrogens is 378 g/mol. The van der Waals surface area contributed by atoms with Gasteiger partial charge in [0.25, 0.3) is 0 Å². The Kier molecular flexibility index (Phi) is 5.02. The van der Waals surface area contributed by atoms with E-state index in [2.05, 4.69) is 34.1 Å². The van der Waals surface area contributed by atoms with Crippen LogP contribution in [0.3, 0.4) is 0 Å². The number of hydrogen-bond acceptors (Lipinski definition) is 5. The molecule has 1 N–H and O–H groups in total. The Balaban J connectivity index is 1.41. The Morgan fingerprint density at radius 1 is 1.17 bits per heavy atom. The maximum absolute atomic E-state index is 12.0. The van der Waals surface area contributed by atoms with Crippen molar-refractivity contribution in [3.63, 3.8) is 0 Å². The molecule has 1 unspecified atom stereocenters. The van der Waals surface area contributed by atoms with E-state index in [1.165, 1.54) is 5.56 Å². The number of aryl methyl sites for hydroxylation is 1. The summed E-state index contributed by atoms with van der Waals surface area (Å²) in [7, 11) is 0. The van der Waals surface area contributed by atoms with Gasteiger partial charge in [0.2, 0.25) is 5.95 Å². The van der Waals surface area contributed by atoms with Gasteiger partial charge in [-0.2, -0.15) is 0 Å². The van der Waals surface area contributed by atoms with Gasteiger partial charge in [-0.15, -0.1) is 0 Å². The predicted octanol–water partition coefficient (Wildman–Crippen LogP) is 4.00. The Labute approximate surface area is 176 Å². The molecule has 3 heterocycles. The van der Waals surface area contributed by atoms with Gasteiger partial charge in [0.15, 0.2) is 0 Å². The number of fused-ring (bicyclic) bond motifs is 2. The monoisotopic (exact) mass is 405 g/mol. The normalized spacial score (nSPS) is 19.1. The number of ether oxygens (including phenoxy) is 1. The van der Waals surface area contributed by atoms with Crippen molar-refractivity contribution >= 4 is 23.1 Å². The van der Waals surface area contributed by atoms with E-state index in [0.29, 0.717) is 19.7 Å². The molecule has 0 spiro atoms. The lowest BCUT2D eigenvalue weighted by atomic mass is 10.1. The summed E-state index contributed by atoms with van der Waals surface area (Å²) < 4.78 is 7.46. The minimum Gasteiger partial charge on any atom is -0.450 e. The van der Waals surface area contributed by atoms with Gasteiger partial charge in [-0.3, -0.25) is 4.98 Å². The first-order chi connectivity index (χ1) is 14.7. The molecule has 30 heavy (non-hydrogen) atoms. The Bertz CT molecular complexity index is 1050. The average Bonchev–Trinajstić information content (AvgIpc) is 3.35. The van der Waals surface area contributed by atoms with E-state index in [-0.39, 0.29) is 18.2 Å². The van der Waals surface area contributed by atoms with Crippen molar-refractivity contribution in [3.8, 4) is 0 Å². The fraction of sp³-hybridized carbons (Fsp3) is 0.435. The number of carbonyl (C=O) groups excluding carboxylic acids is 1. The fourth-order valence-electron chi connectivity index (χ4n) is 4.71. The number of hydrogen-bond donors (Lipinski definition) is 1. The van der Waals surface area contributed by atoms with E-state index < -0.39 is 0 Å². The van der Waals surface area contributed by atoms with Gasteiger partial charge in [0.05, 0.1) is 29.4 Å². The van der Waals surface area contributed by atoms with Crippen LogP contribution < -0.4 is 5.32 Å². The maximum Gasteiger partial charge on any atom is 0.409 e. The Hall–Kier alpha value is -3.09. The number of rotatable bonds is 4. The van der Waals surface area contributed by atoms with Crippen molar-refractivity contribution < 1.29 is 9.53 Å². The first-order valence-electron chi connectivity index (χ1n) is 10.8. The van der Waals surface area contributed by atoms with E-state index >= 15 is 0 Å². The zero-order valence-corrected chi connectivity index (χ0v) is 17.3. The molecule has 3 aromatic rings. The molecule has 7 nitrogen and oxygen atoms in total. The van der Waals surface area contributed by atoms with Crippen molar-refractivity contribution in [2.45, 2.75) is 44.7 Å². The topological polar surface area (TPSA) is 72.3 Å². The summed E-state index contributed by atoms with van der Waals surface area (Å²) in [4.78, 5) is 23.4. The molecule has 2 aliphatic rings. The summed E-state index contributed by atoms with van der Waals surface area (Å²) in [5.41, 5.74) is 4.61. The molecule has 5 rings (SSSR count). The number of amides is 1. The lowest BCUT2D eigenvalue weighted by Gasteiger charge is -2.32. The molecule has 1 aromatic carbocycles. The second kappa shape index (κ2) is 7.97. The minimum atomic E-state index is -0.211. The van der Waals surface area contributed by atoms with Gasteiger partial charge in [-0.05, 0) is 56.4 Å². The molecule has 1 aliphatic carbocycles. The van der Waals surface area contributed by atoms with E-state index in [1.807, 2.05) is 25.3 Å². The summed E-state index contributed by atoms with van der Waals surface area (Å²) in [6, 6.07) is 13.0. The number of likely N-dealkylation sites (tertiary alicyclic amines) is 1. The van der Waals surface area contributed by atoms with Crippen LogP contribution in [-0.4, -0.2) is 51.3 Å². The quantitative estimate of drug-likeness (QED) is 0.710. The fourth-order valence-corrected chi connectivity index (χ4v) is 4.71. The molecular formula is C23H27N5O2. The number of carbonyl (C=O) groups is 1. The molecule has 2 aromatic heterocycles. The number of imidazole rings is 1. The second-order valence-corrected chi connectivity index (χ2v) is 8.00. The van der Waals surface area contributed by atoms with Gasteiger partial charge in [0, 0.05) is 25.3 Å². The van der Waals surface area contributed by atoms with Gasteiger partial charge >= 0.3 is 6.09 Å². The first kappa shape index (κ1) is 18.9. The summed E-state index contributed by atoms with van der Waals surface area (Å²) >= 11 is 0. The highest BCUT2D eigenvalue weighted by molar-refractivity contribution is 5.79. The number of pyridine rings is 1. The molecule has 1 atom stereocenters. The van der Waals surface area contributed by atoms with Gasteiger partial charge in [0.1, 0.15) is 0 Å². The zero-order valence-electron chi connectivity index (χ0n) is 17.3. The van der Waals surface area contributed by atoms with Crippen LogP contribution in [0.5, 0.6) is 0 Å². The Morgan fingerprint density at radius 3 is 2.83 bits per heavy atom. The third-order valence-corrected chi connectivity index (χ3v) is 6.19. The second-order valence-electron chi connectivity index (χ2n) is 8.00. The molecule has 1 saturated heterocycles. The van der Waals surface area contributed by atoms with Gasteiger partial charge in [-0.1, -0.05) is 18.2 Å². The molecule has 0 radical (unpaired) electrons. The lowest BCUT2D eigenvalue weighted by Crippen LogP contribution is -2.43. The summed E-state index contributed by atoms with van der Waals surface area (Å²) in [6.45, 7) is 3.65. The number of aromatic nitrogens is 3. The molecule has 1 amide bonds. The van der Waals surface area contributed by atoms with Crippen LogP contribution in [0.2, 0.25) is 0 Å². The van der Waals surface area contributed by atoms with E-state index in [0.717, 1.165) is 48.4 Å². The van der Waals surface area contributed by atoms with E-state index in [4.69, 9.17) is 14.7 Å². The molecule has 0 bridgehead atoms. The average molecular weight is 406 g/mol. The van der Waals surface area contributed by atoms with Crippen molar-refractivity contribution in [1.82, 2.24) is 19.4 Å². The number of piperidine rings is 1. The van der Waals surface area contributed by atoms with Crippen LogP contribution in [0.15, 0.2) is 42.6 Å². The summed E-state index contributed by atoms with van der Waals surface area (Å²) in [5.74, 6) is 0.897. The Morgan fingerprint density at radius 2 is 2.00 bits per heavy atom. The van der Waals surface area contributed by atoms with Crippen molar-refractivity contribution in [2.24, 2.45) is 0 Å². The highest BCUT2D eigenvalue weighted by Gasteiger charge is 2.30. The first-order valence-corrected chi connectivity index (χ1v) is 10.8. The smallest absolute Gasteiger partial charge is 0.409 e. The summed E-state index contributed by atoms with van der Waals surface area (Å²) in [6.07, 6.45) is 5.50. The third-order valence-electron chi connectivity index (χ3n) is 6.19. The number of anilines is 1. The van der Waals surface area contributed by atoms with Crippen molar-refractivity contribution in [3.05, 3.63) is 53.9 Å². The predicted molar refractivity (Wildman–Crippen MR) is 116 cm³/mol. The SMILES string of the molecule is CCOC(=O)N1CCC(Nc2nc3ccccc3n2C2CCc3cccnc32)CC1. The van der Waals surface area contributed by atoms with Crippen LogP contribution in [0.25, 0.3) is 11.0 Å². The van der Waals surface area contributed by atoms with Crippen LogP contribution >= 0.6 is 0 Å². The van der Waals surface area contributed by atoms with Gasteiger partial charge in [-0.25, -0.2) is 9.78 Å². The van der Waals surface area contributed by atoms with Crippen LogP contribution in [-0.2, 0) is 11.2 Å². The highest BCUT2D eigenvalue weighted by atomic mass is 16.6.